The minimum absolute atomic E-state index is 0. The molecule has 2 nitrogen and oxygen atoms in total. The summed E-state index contributed by atoms with van der Waals surface area (Å²) in [6.45, 7) is 12.0. The molecule has 1 N–H and O–H groups in total. The Kier molecular flexibility index (Phi) is 5.72. The number of aliphatic hydroxyl groups is 1. The van der Waals surface area contributed by atoms with Crippen molar-refractivity contribution in [3.63, 3.8) is 0 Å². The van der Waals surface area contributed by atoms with Gasteiger partial charge in [-0.3, -0.25) is 0 Å². The van der Waals surface area contributed by atoms with Gasteiger partial charge in [-0.05, 0) is 92.9 Å². The van der Waals surface area contributed by atoms with Crippen molar-refractivity contribution in [1.82, 2.24) is 4.90 Å². The van der Waals surface area contributed by atoms with Gasteiger partial charge in [-0.15, -0.1) is 0 Å². The number of aryl methyl sites for hydroxylation is 4. The molecule has 0 saturated carbocycles. The van der Waals surface area contributed by atoms with Crippen LogP contribution in [0.25, 0.3) is 0 Å². The standard InChI is InChI=1S/C24H31NO.ClH/c1-16-5-7-21(13-18(16)3)24(26,22-8-6-17(2)19(4)14-22)23-15-25-11-9-20(23)10-12-25;/h5-8,13-14,20,23,26H,9-12,15H2,1-4H3;1H/p-1. The van der Waals surface area contributed by atoms with Crippen molar-refractivity contribution in [1.29, 1.82) is 0 Å². The molecule has 3 aliphatic heterocycles. The third-order valence-corrected chi connectivity index (χ3v) is 7.09. The van der Waals surface area contributed by atoms with E-state index in [9.17, 15) is 5.11 Å². The average molecular weight is 385 g/mol. The van der Waals surface area contributed by atoms with E-state index in [1.165, 1.54) is 48.2 Å². The number of fused-ring (bicyclic) bond motifs is 3. The third-order valence-electron chi connectivity index (χ3n) is 7.09. The molecular formula is C24H31ClNO-. The Morgan fingerprint density at radius 3 is 1.67 bits per heavy atom. The first-order valence-electron chi connectivity index (χ1n) is 10.00. The lowest BCUT2D eigenvalue weighted by atomic mass is 9.65. The predicted octanol–water partition coefficient (Wildman–Crippen LogP) is 1.50. The van der Waals surface area contributed by atoms with Crippen LogP contribution in [0.2, 0.25) is 0 Å². The van der Waals surface area contributed by atoms with Gasteiger partial charge in [0, 0.05) is 12.5 Å². The molecule has 1 atom stereocenters. The van der Waals surface area contributed by atoms with E-state index < -0.39 is 5.60 Å². The molecule has 5 rings (SSSR count). The Balaban J connectivity index is 0.00000210. The molecule has 27 heavy (non-hydrogen) atoms. The highest BCUT2D eigenvalue weighted by Gasteiger charge is 2.48. The van der Waals surface area contributed by atoms with Crippen LogP contribution in [0.5, 0.6) is 0 Å². The van der Waals surface area contributed by atoms with Crippen LogP contribution in [0.15, 0.2) is 36.4 Å². The number of hydrogen-bond donors (Lipinski definition) is 1. The quantitative estimate of drug-likeness (QED) is 0.867. The molecule has 3 fully saturated rings. The van der Waals surface area contributed by atoms with Crippen molar-refractivity contribution in [2.24, 2.45) is 11.8 Å². The van der Waals surface area contributed by atoms with Crippen LogP contribution in [-0.2, 0) is 5.60 Å². The summed E-state index contributed by atoms with van der Waals surface area (Å²) in [5, 5.41) is 12.3. The highest BCUT2D eigenvalue weighted by molar-refractivity contribution is 5.44. The number of hydrogen-bond acceptors (Lipinski definition) is 2. The fraction of sp³-hybridized carbons (Fsp3) is 0.500. The first-order chi connectivity index (χ1) is 12.4. The van der Waals surface area contributed by atoms with Gasteiger partial charge in [-0.1, -0.05) is 36.4 Å². The van der Waals surface area contributed by atoms with Crippen molar-refractivity contribution < 1.29 is 17.5 Å². The summed E-state index contributed by atoms with van der Waals surface area (Å²) in [7, 11) is 0. The number of rotatable bonds is 3. The number of benzene rings is 2. The maximum Gasteiger partial charge on any atom is 0.119 e. The minimum atomic E-state index is -0.916. The van der Waals surface area contributed by atoms with Gasteiger partial charge in [-0.2, -0.15) is 0 Å². The van der Waals surface area contributed by atoms with E-state index in [1.54, 1.807) is 0 Å². The van der Waals surface area contributed by atoms with Crippen molar-refractivity contribution in [3.05, 3.63) is 69.8 Å². The monoisotopic (exact) mass is 384 g/mol. The molecule has 1 unspecified atom stereocenters. The first-order valence-corrected chi connectivity index (χ1v) is 10.00. The first kappa shape index (κ1) is 20.4. The molecule has 0 radical (unpaired) electrons. The van der Waals surface area contributed by atoms with Gasteiger partial charge in [-0.25, -0.2) is 0 Å². The molecule has 0 aromatic heterocycles. The second-order valence-corrected chi connectivity index (χ2v) is 8.61. The molecule has 3 heterocycles. The van der Waals surface area contributed by atoms with Crippen LogP contribution in [0.4, 0.5) is 0 Å². The molecule has 0 spiro atoms. The normalized spacial score (nSPS) is 24.6. The molecule has 2 aromatic carbocycles. The van der Waals surface area contributed by atoms with E-state index in [2.05, 4.69) is 69.0 Å². The van der Waals surface area contributed by atoms with Crippen LogP contribution >= 0.6 is 0 Å². The van der Waals surface area contributed by atoms with E-state index >= 15 is 0 Å². The summed E-state index contributed by atoms with van der Waals surface area (Å²) >= 11 is 0. The maximum absolute atomic E-state index is 12.3. The lowest BCUT2D eigenvalue weighted by Crippen LogP contribution is -3.00. The molecule has 3 saturated heterocycles. The maximum atomic E-state index is 12.3. The van der Waals surface area contributed by atoms with Crippen LogP contribution in [0.3, 0.4) is 0 Å². The zero-order valence-electron chi connectivity index (χ0n) is 16.9. The summed E-state index contributed by atoms with van der Waals surface area (Å²) in [6.07, 6.45) is 2.42. The van der Waals surface area contributed by atoms with E-state index in [4.69, 9.17) is 0 Å². The smallest absolute Gasteiger partial charge is 0.119 e. The zero-order chi connectivity index (χ0) is 18.5. The largest absolute Gasteiger partial charge is 1.00 e. The summed E-state index contributed by atoms with van der Waals surface area (Å²) in [5.41, 5.74) is 6.28. The SMILES string of the molecule is Cc1ccc(C(O)(c2ccc(C)c(C)c2)C2CN3CCC2CC3)cc1C.[Cl-]. The highest BCUT2D eigenvalue weighted by atomic mass is 35.5. The molecule has 146 valence electrons. The van der Waals surface area contributed by atoms with Crippen molar-refractivity contribution in [3.8, 4) is 0 Å². The Hall–Kier alpha value is -1.35. The van der Waals surface area contributed by atoms with Gasteiger partial charge in [0.25, 0.3) is 0 Å². The third kappa shape index (κ3) is 3.44. The second-order valence-electron chi connectivity index (χ2n) is 8.61. The van der Waals surface area contributed by atoms with Crippen LogP contribution in [0.1, 0.15) is 46.2 Å². The Bertz CT molecular complexity index is 772. The van der Waals surface area contributed by atoms with Crippen molar-refractivity contribution in [2.45, 2.75) is 46.1 Å². The number of halogens is 1. The Morgan fingerprint density at radius 1 is 0.815 bits per heavy atom. The molecule has 2 aromatic rings. The van der Waals surface area contributed by atoms with Crippen molar-refractivity contribution >= 4 is 0 Å². The van der Waals surface area contributed by atoms with Gasteiger partial charge in [0.15, 0.2) is 0 Å². The summed E-state index contributed by atoms with van der Waals surface area (Å²) in [5.74, 6) is 0.863. The molecule has 0 aliphatic carbocycles. The van der Waals surface area contributed by atoms with Gasteiger partial charge < -0.3 is 22.4 Å². The average Bonchev–Trinajstić information content (AvgIpc) is 2.66. The van der Waals surface area contributed by atoms with Gasteiger partial charge in [0.05, 0.1) is 0 Å². The summed E-state index contributed by atoms with van der Waals surface area (Å²) in [6, 6.07) is 13.0. The zero-order valence-corrected chi connectivity index (χ0v) is 17.7. The van der Waals surface area contributed by atoms with Gasteiger partial charge in [0.1, 0.15) is 5.60 Å². The van der Waals surface area contributed by atoms with Crippen LogP contribution in [0, 0.1) is 39.5 Å². The Labute approximate surface area is 170 Å². The van der Waals surface area contributed by atoms with Crippen LogP contribution < -0.4 is 12.4 Å². The highest BCUT2D eigenvalue weighted by Crippen LogP contribution is 2.47. The predicted molar refractivity (Wildman–Crippen MR) is 107 cm³/mol. The lowest BCUT2D eigenvalue weighted by Gasteiger charge is -2.51. The molecule has 0 amide bonds. The Morgan fingerprint density at radius 2 is 1.30 bits per heavy atom. The van der Waals surface area contributed by atoms with Gasteiger partial charge in [0.2, 0.25) is 0 Å². The van der Waals surface area contributed by atoms with Crippen LogP contribution in [-0.4, -0.2) is 29.6 Å². The van der Waals surface area contributed by atoms with E-state index in [1.807, 2.05) is 0 Å². The summed E-state index contributed by atoms with van der Waals surface area (Å²) in [4.78, 5) is 2.54. The van der Waals surface area contributed by atoms with E-state index in [0.29, 0.717) is 5.92 Å². The van der Waals surface area contributed by atoms with E-state index in [-0.39, 0.29) is 18.3 Å². The molecule has 3 heteroatoms. The number of nitrogens with zero attached hydrogens (tertiary/aromatic N) is 1. The fourth-order valence-electron chi connectivity index (χ4n) is 4.99. The lowest BCUT2D eigenvalue weighted by molar-refractivity contribution is -0.0764. The minimum Gasteiger partial charge on any atom is -1.00 e. The molecule has 2 bridgehead atoms. The number of piperidine rings is 3. The molecule has 3 aliphatic rings. The fourth-order valence-corrected chi connectivity index (χ4v) is 4.99. The van der Waals surface area contributed by atoms with Gasteiger partial charge >= 0.3 is 0 Å². The van der Waals surface area contributed by atoms with E-state index in [0.717, 1.165) is 17.7 Å². The van der Waals surface area contributed by atoms with Crippen molar-refractivity contribution in [2.75, 3.05) is 19.6 Å². The second kappa shape index (κ2) is 7.58. The summed E-state index contributed by atoms with van der Waals surface area (Å²) < 4.78 is 0. The molecular weight excluding hydrogens is 354 g/mol. The topological polar surface area (TPSA) is 23.5 Å².